The highest BCUT2D eigenvalue weighted by Crippen LogP contribution is 2.22. The monoisotopic (exact) mass is 420 g/mol. The number of nitrogens with zero attached hydrogens (tertiary/aromatic N) is 4. The quantitative estimate of drug-likeness (QED) is 0.637. The van der Waals surface area contributed by atoms with E-state index in [9.17, 15) is 9.59 Å². The summed E-state index contributed by atoms with van der Waals surface area (Å²) in [7, 11) is 0. The number of hydrogen-bond donors (Lipinski definition) is 2. The lowest BCUT2D eigenvalue weighted by molar-refractivity contribution is -0.118. The Morgan fingerprint density at radius 2 is 1.74 bits per heavy atom. The number of hydrogen-bond acceptors (Lipinski definition) is 5. The maximum absolute atomic E-state index is 12.9. The van der Waals surface area contributed by atoms with Gasteiger partial charge in [0.05, 0.1) is 5.69 Å². The zero-order valence-electron chi connectivity index (χ0n) is 18.5. The Balaban J connectivity index is 1.71. The van der Waals surface area contributed by atoms with Gasteiger partial charge in [-0.2, -0.15) is 0 Å². The third-order valence-corrected chi connectivity index (χ3v) is 4.98. The second kappa shape index (κ2) is 9.07. The van der Waals surface area contributed by atoms with Gasteiger partial charge in [0.15, 0.2) is 0 Å². The summed E-state index contributed by atoms with van der Waals surface area (Å²) in [6.07, 6.45) is 1.48. The molecule has 0 fully saturated rings. The zero-order valence-corrected chi connectivity index (χ0v) is 18.5. The van der Waals surface area contributed by atoms with Crippen LogP contribution >= 0.6 is 0 Å². The van der Waals surface area contributed by atoms with Crippen molar-refractivity contribution in [2.45, 2.75) is 46.1 Å². The minimum atomic E-state index is -0.688. The molecular weight excluding hydrogens is 392 g/mol. The summed E-state index contributed by atoms with van der Waals surface area (Å²) in [5.74, 6) is -0.666. The predicted octanol–water partition coefficient (Wildman–Crippen LogP) is 3.35. The molecule has 0 saturated carbocycles. The third-order valence-electron chi connectivity index (χ3n) is 4.98. The van der Waals surface area contributed by atoms with E-state index in [0.29, 0.717) is 16.9 Å². The Morgan fingerprint density at radius 1 is 1.03 bits per heavy atom. The van der Waals surface area contributed by atoms with E-state index in [1.165, 1.54) is 11.0 Å². The molecule has 0 bridgehead atoms. The standard InChI is InChI=1S/C23H28N6O2/c1-15(2)20(26-21(30)16-9-11-17(12-10-16)23(3,4)5)22(31)25-18-7-6-8-19(13-18)29-14-24-27-28-29/h6-15,20H,1-5H3,(H,25,31)(H,26,30). The van der Waals surface area contributed by atoms with Crippen molar-refractivity contribution in [2.24, 2.45) is 5.92 Å². The molecule has 31 heavy (non-hydrogen) atoms. The molecule has 8 nitrogen and oxygen atoms in total. The Labute approximate surface area is 182 Å². The van der Waals surface area contributed by atoms with Crippen molar-refractivity contribution in [1.82, 2.24) is 25.5 Å². The molecule has 3 aromatic rings. The van der Waals surface area contributed by atoms with E-state index >= 15 is 0 Å². The first kappa shape index (κ1) is 22.1. The predicted molar refractivity (Wildman–Crippen MR) is 119 cm³/mol. The van der Waals surface area contributed by atoms with Crippen LogP contribution in [0.15, 0.2) is 54.9 Å². The molecule has 3 rings (SSSR count). The second-order valence-electron chi connectivity index (χ2n) is 8.82. The van der Waals surface area contributed by atoms with Crippen LogP contribution in [0, 0.1) is 5.92 Å². The van der Waals surface area contributed by atoms with Crippen LogP contribution in [0.3, 0.4) is 0 Å². The number of tetrazole rings is 1. The summed E-state index contributed by atoms with van der Waals surface area (Å²) in [5, 5.41) is 16.8. The first-order valence-electron chi connectivity index (χ1n) is 10.2. The smallest absolute Gasteiger partial charge is 0.251 e. The number of carbonyl (C=O) groups is 2. The molecule has 0 aliphatic rings. The van der Waals surface area contributed by atoms with Crippen LogP contribution in [0.1, 0.15) is 50.5 Å². The van der Waals surface area contributed by atoms with Crippen LogP contribution in [0.25, 0.3) is 5.69 Å². The number of amides is 2. The van der Waals surface area contributed by atoms with E-state index in [0.717, 1.165) is 5.56 Å². The molecule has 1 heterocycles. The van der Waals surface area contributed by atoms with Gasteiger partial charge < -0.3 is 10.6 Å². The summed E-state index contributed by atoms with van der Waals surface area (Å²) in [5.41, 5.74) is 2.97. The number of rotatable bonds is 6. The van der Waals surface area contributed by atoms with Crippen LogP contribution in [-0.4, -0.2) is 38.1 Å². The number of anilines is 1. The largest absolute Gasteiger partial charge is 0.340 e. The highest BCUT2D eigenvalue weighted by molar-refractivity contribution is 6.01. The molecule has 8 heteroatoms. The average Bonchev–Trinajstić information content (AvgIpc) is 3.26. The molecule has 1 aromatic heterocycles. The van der Waals surface area contributed by atoms with Gasteiger partial charge in [-0.05, 0) is 57.7 Å². The van der Waals surface area contributed by atoms with Gasteiger partial charge in [-0.25, -0.2) is 4.68 Å². The fourth-order valence-corrected chi connectivity index (χ4v) is 3.11. The Bertz CT molecular complexity index is 1040. The lowest BCUT2D eigenvalue weighted by atomic mass is 9.86. The van der Waals surface area contributed by atoms with E-state index in [1.54, 1.807) is 30.3 Å². The molecule has 0 saturated heterocycles. The van der Waals surface area contributed by atoms with Gasteiger partial charge in [0.2, 0.25) is 5.91 Å². The summed E-state index contributed by atoms with van der Waals surface area (Å²) in [4.78, 5) is 25.7. The SMILES string of the molecule is CC(C)C(NC(=O)c1ccc(C(C)(C)C)cc1)C(=O)Nc1cccc(-n2cnnn2)c1. The van der Waals surface area contributed by atoms with Crippen molar-refractivity contribution < 1.29 is 9.59 Å². The zero-order chi connectivity index (χ0) is 22.6. The molecule has 2 N–H and O–H groups in total. The van der Waals surface area contributed by atoms with Gasteiger partial charge in [-0.1, -0.05) is 52.8 Å². The molecule has 162 valence electrons. The van der Waals surface area contributed by atoms with Crippen molar-refractivity contribution in [3.8, 4) is 5.69 Å². The second-order valence-corrected chi connectivity index (χ2v) is 8.82. The van der Waals surface area contributed by atoms with Crippen molar-refractivity contribution in [3.63, 3.8) is 0 Å². The fourth-order valence-electron chi connectivity index (χ4n) is 3.11. The van der Waals surface area contributed by atoms with Crippen molar-refractivity contribution in [3.05, 3.63) is 66.0 Å². The Morgan fingerprint density at radius 3 is 2.32 bits per heavy atom. The van der Waals surface area contributed by atoms with Crippen molar-refractivity contribution in [1.29, 1.82) is 0 Å². The van der Waals surface area contributed by atoms with E-state index in [4.69, 9.17) is 0 Å². The molecule has 0 spiro atoms. The maximum Gasteiger partial charge on any atom is 0.251 e. The fraction of sp³-hybridized carbons (Fsp3) is 0.348. The van der Waals surface area contributed by atoms with Gasteiger partial charge >= 0.3 is 0 Å². The summed E-state index contributed by atoms with van der Waals surface area (Å²) < 4.78 is 1.50. The van der Waals surface area contributed by atoms with Gasteiger partial charge in [-0.15, -0.1) is 5.10 Å². The number of carbonyl (C=O) groups excluding carboxylic acids is 2. The highest BCUT2D eigenvalue weighted by Gasteiger charge is 2.25. The van der Waals surface area contributed by atoms with E-state index in [2.05, 4.69) is 46.9 Å². The lowest BCUT2D eigenvalue weighted by Gasteiger charge is -2.22. The van der Waals surface area contributed by atoms with Gasteiger partial charge in [0.1, 0.15) is 12.4 Å². The Hall–Kier alpha value is -3.55. The molecule has 1 atom stereocenters. The van der Waals surface area contributed by atoms with Crippen molar-refractivity contribution in [2.75, 3.05) is 5.32 Å². The molecular formula is C23H28N6O2. The molecule has 0 aliphatic heterocycles. The van der Waals surface area contributed by atoms with Crippen molar-refractivity contribution >= 4 is 17.5 Å². The van der Waals surface area contributed by atoms with Crippen LogP contribution in [-0.2, 0) is 10.2 Å². The molecule has 2 amide bonds. The van der Waals surface area contributed by atoms with E-state index in [1.807, 2.05) is 32.0 Å². The maximum atomic E-state index is 12.9. The van der Waals surface area contributed by atoms with Crippen LogP contribution < -0.4 is 10.6 Å². The van der Waals surface area contributed by atoms with Gasteiger partial charge in [0, 0.05) is 11.3 Å². The summed E-state index contributed by atoms with van der Waals surface area (Å²) in [6.45, 7) is 10.1. The van der Waals surface area contributed by atoms with E-state index < -0.39 is 6.04 Å². The first-order chi connectivity index (χ1) is 14.6. The summed E-state index contributed by atoms with van der Waals surface area (Å²) in [6, 6.07) is 14.0. The van der Waals surface area contributed by atoms with E-state index in [-0.39, 0.29) is 23.1 Å². The summed E-state index contributed by atoms with van der Waals surface area (Å²) >= 11 is 0. The Kier molecular flexibility index (Phi) is 6.48. The number of benzene rings is 2. The lowest BCUT2D eigenvalue weighted by Crippen LogP contribution is -2.47. The van der Waals surface area contributed by atoms with Gasteiger partial charge in [-0.3, -0.25) is 9.59 Å². The highest BCUT2D eigenvalue weighted by atomic mass is 16.2. The van der Waals surface area contributed by atoms with Crippen LogP contribution in [0.2, 0.25) is 0 Å². The third kappa shape index (κ3) is 5.53. The number of nitrogens with one attached hydrogen (secondary N) is 2. The normalized spacial score (nSPS) is 12.5. The molecule has 2 aromatic carbocycles. The minimum absolute atomic E-state index is 0.00614. The average molecular weight is 421 g/mol. The topological polar surface area (TPSA) is 102 Å². The molecule has 0 aliphatic carbocycles. The van der Waals surface area contributed by atoms with Crippen LogP contribution in [0.4, 0.5) is 5.69 Å². The molecule has 1 unspecified atom stereocenters. The minimum Gasteiger partial charge on any atom is -0.340 e. The van der Waals surface area contributed by atoms with Gasteiger partial charge in [0.25, 0.3) is 5.91 Å². The number of aromatic nitrogens is 4. The first-order valence-corrected chi connectivity index (χ1v) is 10.2. The molecule has 0 radical (unpaired) electrons. The van der Waals surface area contributed by atoms with Crippen LogP contribution in [0.5, 0.6) is 0 Å².